The highest BCUT2D eigenvalue weighted by Crippen LogP contribution is 2.24. The Morgan fingerprint density at radius 2 is 2.00 bits per heavy atom. The summed E-state index contributed by atoms with van der Waals surface area (Å²) in [6.45, 7) is 1.97. The summed E-state index contributed by atoms with van der Waals surface area (Å²) in [7, 11) is 1.92. The molecule has 2 heterocycles. The van der Waals surface area contributed by atoms with Gasteiger partial charge in [-0.2, -0.15) is 0 Å². The zero-order valence-corrected chi connectivity index (χ0v) is 16.0. The SMILES string of the molecule is CN(Cc1ccc(F)cc1)CC1(O)CCCN(C(=O)c2ccc[nH]c2=O)CC1. The lowest BCUT2D eigenvalue weighted by molar-refractivity contribution is -0.00401. The molecule has 6 nitrogen and oxygen atoms in total. The number of carbonyl (C=O) groups is 1. The number of nitrogens with zero attached hydrogens (tertiary/aromatic N) is 2. The first-order chi connectivity index (χ1) is 13.4. The van der Waals surface area contributed by atoms with E-state index in [1.807, 2.05) is 11.9 Å². The summed E-state index contributed by atoms with van der Waals surface area (Å²) in [5, 5.41) is 11.1. The molecule has 1 saturated heterocycles. The molecule has 1 amide bonds. The van der Waals surface area contributed by atoms with Crippen LogP contribution in [0.5, 0.6) is 0 Å². The summed E-state index contributed by atoms with van der Waals surface area (Å²) in [5.41, 5.74) is -0.207. The first-order valence-electron chi connectivity index (χ1n) is 9.49. The van der Waals surface area contributed by atoms with Crippen LogP contribution in [0.4, 0.5) is 4.39 Å². The number of rotatable bonds is 5. The third-order valence-electron chi connectivity index (χ3n) is 5.18. The van der Waals surface area contributed by atoms with Gasteiger partial charge in [-0.3, -0.25) is 14.5 Å². The number of pyridine rings is 1. The van der Waals surface area contributed by atoms with Crippen LogP contribution < -0.4 is 5.56 Å². The number of nitrogens with one attached hydrogen (secondary N) is 1. The molecule has 0 bridgehead atoms. The van der Waals surface area contributed by atoms with Crippen LogP contribution in [0.3, 0.4) is 0 Å². The number of halogens is 1. The van der Waals surface area contributed by atoms with Gasteiger partial charge in [0.2, 0.25) is 0 Å². The van der Waals surface area contributed by atoms with E-state index in [2.05, 4.69) is 4.98 Å². The average Bonchev–Trinajstić information content (AvgIpc) is 2.85. The Bertz CT molecular complexity index is 868. The van der Waals surface area contributed by atoms with Crippen molar-refractivity contribution in [2.45, 2.75) is 31.4 Å². The molecule has 1 atom stereocenters. The number of carbonyl (C=O) groups excluding carboxylic acids is 1. The van der Waals surface area contributed by atoms with E-state index in [9.17, 15) is 19.1 Å². The van der Waals surface area contributed by atoms with Crippen LogP contribution in [0, 0.1) is 5.82 Å². The number of aliphatic hydroxyl groups is 1. The number of likely N-dealkylation sites (N-methyl/N-ethyl adjacent to an activating group) is 1. The molecule has 1 aliphatic rings. The Kier molecular flexibility index (Phi) is 6.26. The van der Waals surface area contributed by atoms with Crippen molar-refractivity contribution < 1.29 is 14.3 Å². The van der Waals surface area contributed by atoms with E-state index in [0.717, 1.165) is 5.56 Å². The monoisotopic (exact) mass is 387 g/mol. The second kappa shape index (κ2) is 8.67. The van der Waals surface area contributed by atoms with E-state index in [-0.39, 0.29) is 17.3 Å². The molecule has 0 radical (unpaired) electrons. The molecular formula is C21H26FN3O3. The number of hydrogen-bond donors (Lipinski definition) is 2. The van der Waals surface area contributed by atoms with E-state index < -0.39 is 11.2 Å². The number of likely N-dealkylation sites (tertiary alicyclic amines) is 1. The fraction of sp³-hybridized carbons (Fsp3) is 0.429. The molecule has 2 aromatic rings. The van der Waals surface area contributed by atoms with Gasteiger partial charge in [0.05, 0.1) is 5.60 Å². The molecular weight excluding hydrogens is 361 g/mol. The van der Waals surface area contributed by atoms with Crippen LogP contribution in [0.2, 0.25) is 0 Å². The van der Waals surface area contributed by atoms with E-state index in [0.29, 0.717) is 45.4 Å². The maximum atomic E-state index is 13.0. The van der Waals surface area contributed by atoms with Gasteiger partial charge in [0.25, 0.3) is 11.5 Å². The van der Waals surface area contributed by atoms with Gasteiger partial charge >= 0.3 is 0 Å². The van der Waals surface area contributed by atoms with Crippen LogP contribution in [0.1, 0.15) is 35.2 Å². The summed E-state index contributed by atoms with van der Waals surface area (Å²) in [5.74, 6) is -0.568. The zero-order chi connectivity index (χ0) is 20.1. The van der Waals surface area contributed by atoms with Gasteiger partial charge in [0.1, 0.15) is 11.4 Å². The second-order valence-electron chi connectivity index (χ2n) is 7.58. The normalized spacial score (nSPS) is 20.2. The van der Waals surface area contributed by atoms with Crippen LogP contribution in [-0.4, -0.2) is 58.1 Å². The van der Waals surface area contributed by atoms with Crippen molar-refractivity contribution in [1.82, 2.24) is 14.8 Å². The van der Waals surface area contributed by atoms with E-state index in [1.165, 1.54) is 24.4 Å². The van der Waals surface area contributed by atoms with E-state index in [1.54, 1.807) is 23.1 Å². The highest BCUT2D eigenvalue weighted by atomic mass is 19.1. The predicted octanol–water partition coefficient (Wildman–Crippen LogP) is 2.00. The van der Waals surface area contributed by atoms with E-state index in [4.69, 9.17) is 0 Å². The quantitative estimate of drug-likeness (QED) is 0.823. The molecule has 1 aliphatic heterocycles. The molecule has 150 valence electrons. The minimum absolute atomic E-state index is 0.126. The standard InChI is InChI=1S/C21H26FN3O3/c1-24(14-16-5-7-17(22)8-6-16)15-21(28)9-3-12-25(13-10-21)20(27)18-4-2-11-23-19(18)26/h2,4-8,11,28H,3,9-10,12-15H2,1H3,(H,23,26). The number of amides is 1. The van der Waals surface area contributed by atoms with Gasteiger partial charge in [-0.25, -0.2) is 4.39 Å². The predicted molar refractivity (Wildman–Crippen MR) is 105 cm³/mol. The second-order valence-corrected chi connectivity index (χ2v) is 7.58. The Morgan fingerprint density at radius 1 is 1.25 bits per heavy atom. The maximum Gasteiger partial charge on any atom is 0.260 e. The molecule has 0 aliphatic carbocycles. The van der Waals surface area contributed by atoms with Gasteiger partial charge in [0, 0.05) is 32.4 Å². The Hall–Kier alpha value is -2.51. The van der Waals surface area contributed by atoms with Crippen LogP contribution >= 0.6 is 0 Å². The summed E-state index contributed by atoms with van der Waals surface area (Å²) in [6, 6.07) is 9.49. The molecule has 1 aromatic heterocycles. The summed E-state index contributed by atoms with van der Waals surface area (Å²) in [6.07, 6.45) is 3.18. The Labute approximate surface area is 163 Å². The van der Waals surface area contributed by atoms with Gasteiger partial charge in [0.15, 0.2) is 0 Å². The maximum absolute atomic E-state index is 13.0. The smallest absolute Gasteiger partial charge is 0.260 e. The Balaban J connectivity index is 1.60. The minimum atomic E-state index is -0.910. The van der Waals surface area contributed by atoms with Crippen molar-refractivity contribution in [3.05, 3.63) is 69.9 Å². The number of hydrogen-bond acceptors (Lipinski definition) is 4. The molecule has 1 unspecified atom stereocenters. The lowest BCUT2D eigenvalue weighted by Crippen LogP contribution is -2.42. The van der Waals surface area contributed by atoms with Gasteiger partial charge in [-0.05, 0) is 56.1 Å². The van der Waals surface area contributed by atoms with Crippen LogP contribution in [-0.2, 0) is 6.54 Å². The van der Waals surface area contributed by atoms with Crippen molar-refractivity contribution in [3.8, 4) is 0 Å². The number of H-pyrrole nitrogens is 1. The molecule has 3 rings (SSSR count). The topological polar surface area (TPSA) is 76.6 Å². The van der Waals surface area contributed by atoms with E-state index >= 15 is 0 Å². The van der Waals surface area contributed by atoms with Crippen molar-refractivity contribution in [1.29, 1.82) is 0 Å². The number of aromatic nitrogens is 1. The largest absolute Gasteiger partial charge is 0.388 e. The van der Waals surface area contributed by atoms with Crippen molar-refractivity contribution >= 4 is 5.91 Å². The number of benzene rings is 1. The first-order valence-corrected chi connectivity index (χ1v) is 9.49. The molecule has 1 aromatic carbocycles. The van der Waals surface area contributed by atoms with Gasteiger partial charge in [-0.1, -0.05) is 12.1 Å². The van der Waals surface area contributed by atoms with Gasteiger partial charge in [-0.15, -0.1) is 0 Å². The Morgan fingerprint density at radius 3 is 2.71 bits per heavy atom. The highest BCUT2D eigenvalue weighted by molar-refractivity contribution is 5.93. The minimum Gasteiger partial charge on any atom is -0.388 e. The lowest BCUT2D eigenvalue weighted by Gasteiger charge is -2.31. The third kappa shape index (κ3) is 5.05. The third-order valence-corrected chi connectivity index (χ3v) is 5.18. The fourth-order valence-corrected chi connectivity index (χ4v) is 3.76. The average molecular weight is 387 g/mol. The van der Waals surface area contributed by atoms with Crippen molar-refractivity contribution in [3.63, 3.8) is 0 Å². The molecule has 7 heteroatoms. The van der Waals surface area contributed by atoms with Gasteiger partial charge < -0.3 is 15.0 Å². The summed E-state index contributed by atoms with van der Waals surface area (Å²) >= 11 is 0. The van der Waals surface area contributed by atoms with Crippen molar-refractivity contribution in [2.75, 3.05) is 26.7 Å². The molecule has 28 heavy (non-hydrogen) atoms. The molecule has 1 fully saturated rings. The molecule has 0 spiro atoms. The number of aromatic amines is 1. The lowest BCUT2D eigenvalue weighted by atomic mass is 9.94. The van der Waals surface area contributed by atoms with Crippen LogP contribution in [0.25, 0.3) is 0 Å². The fourth-order valence-electron chi connectivity index (χ4n) is 3.76. The summed E-state index contributed by atoms with van der Waals surface area (Å²) < 4.78 is 13.0. The zero-order valence-electron chi connectivity index (χ0n) is 16.0. The highest BCUT2D eigenvalue weighted by Gasteiger charge is 2.33. The summed E-state index contributed by atoms with van der Waals surface area (Å²) in [4.78, 5) is 30.7. The molecule has 2 N–H and O–H groups in total. The molecule has 0 saturated carbocycles. The first kappa shape index (κ1) is 20.2. The van der Waals surface area contributed by atoms with Crippen molar-refractivity contribution in [2.24, 2.45) is 0 Å². The van der Waals surface area contributed by atoms with Crippen LogP contribution in [0.15, 0.2) is 47.4 Å².